The molecular weight excluding hydrogens is 244 g/mol. The van der Waals surface area contributed by atoms with Crippen LogP contribution >= 0.6 is 0 Å². The molecule has 0 saturated carbocycles. The quantitative estimate of drug-likeness (QED) is 0.466. The van der Waals surface area contributed by atoms with Gasteiger partial charge in [0.25, 0.3) is 5.56 Å². The van der Waals surface area contributed by atoms with Crippen molar-refractivity contribution in [3.63, 3.8) is 0 Å². The van der Waals surface area contributed by atoms with E-state index in [-0.39, 0.29) is 0 Å². The summed E-state index contributed by atoms with van der Waals surface area (Å²) in [6, 6.07) is 1.10. The summed E-state index contributed by atoms with van der Waals surface area (Å²) in [7, 11) is 0. The Labute approximate surface area is 101 Å². The fourth-order valence-corrected chi connectivity index (χ4v) is 2.00. The van der Waals surface area contributed by atoms with E-state index in [9.17, 15) is 19.8 Å². The highest BCUT2D eigenvalue weighted by Gasteiger charge is 2.53. The van der Waals surface area contributed by atoms with Crippen molar-refractivity contribution in [1.82, 2.24) is 9.55 Å². The molecule has 0 bridgehead atoms. The van der Waals surface area contributed by atoms with Crippen molar-refractivity contribution in [1.29, 1.82) is 0 Å². The van der Waals surface area contributed by atoms with Gasteiger partial charge in [-0.3, -0.25) is 14.3 Å². The number of aromatic amines is 1. The molecule has 8 nitrogen and oxygen atoms in total. The molecule has 0 spiro atoms. The number of hydrogen-bond acceptors (Lipinski definition) is 6. The van der Waals surface area contributed by atoms with Crippen LogP contribution in [0, 0.1) is 0 Å². The topological polar surface area (TPSA) is 125 Å². The van der Waals surface area contributed by atoms with Gasteiger partial charge in [0, 0.05) is 12.3 Å². The summed E-state index contributed by atoms with van der Waals surface area (Å²) >= 11 is 0. The summed E-state index contributed by atoms with van der Waals surface area (Å²) in [4.78, 5) is 24.5. The minimum Gasteiger partial charge on any atom is -0.394 e. The third-order valence-corrected chi connectivity index (χ3v) is 3.04. The number of nitrogens with zero attached hydrogens (tertiary/aromatic N) is 1. The lowest BCUT2D eigenvalue weighted by Gasteiger charge is -2.27. The normalized spacial score (nSPS) is 35.9. The molecule has 0 amide bonds. The van der Waals surface area contributed by atoms with Crippen molar-refractivity contribution in [2.45, 2.75) is 31.0 Å². The molecule has 0 aromatic carbocycles. The second-order valence-corrected chi connectivity index (χ2v) is 4.40. The molecule has 2 rings (SSSR count). The average molecular weight is 258 g/mol. The molecule has 0 unspecified atom stereocenters. The molecular formula is C10H14N2O6. The Morgan fingerprint density at radius 1 is 1.56 bits per heavy atom. The van der Waals surface area contributed by atoms with Crippen molar-refractivity contribution in [2.24, 2.45) is 0 Å². The third-order valence-electron chi connectivity index (χ3n) is 3.04. The number of aliphatic hydroxyl groups excluding tert-OH is 2. The first-order chi connectivity index (χ1) is 8.37. The third kappa shape index (κ3) is 1.89. The number of aromatic nitrogens is 2. The van der Waals surface area contributed by atoms with Crippen LogP contribution in [0.15, 0.2) is 21.9 Å². The minimum atomic E-state index is -1.75. The Bertz CT molecular complexity index is 548. The number of nitrogens with one attached hydrogen (secondary N) is 1. The smallest absolute Gasteiger partial charge is 0.330 e. The summed E-state index contributed by atoms with van der Waals surface area (Å²) in [6.45, 7) is 0.793. The highest BCUT2D eigenvalue weighted by Crippen LogP contribution is 2.36. The maximum atomic E-state index is 11.6. The fourth-order valence-electron chi connectivity index (χ4n) is 2.00. The van der Waals surface area contributed by atoms with Gasteiger partial charge in [-0.1, -0.05) is 0 Å². The first-order valence-corrected chi connectivity index (χ1v) is 5.36. The molecule has 8 heteroatoms. The first-order valence-electron chi connectivity index (χ1n) is 5.36. The molecule has 1 aromatic rings. The summed E-state index contributed by atoms with van der Waals surface area (Å²) in [5.41, 5.74) is -3.10. The first kappa shape index (κ1) is 13.0. The van der Waals surface area contributed by atoms with Crippen molar-refractivity contribution >= 4 is 0 Å². The van der Waals surface area contributed by atoms with Crippen LogP contribution in [0.1, 0.15) is 13.2 Å². The molecule has 100 valence electrons. The Kier molecular flexibility index (Phi) is 3.11. The standard InChI is InChI=1S/C10H14N2O6/c1-10(17)7(15)5(4-13)18-8(10)12-3-2-6(14)11-9(12)16/h2-3,5,7-8,13,15,17H,4H2,1H3,(H,11,14,16)/t5-,7+,8-,10+/m1/s1. The average Bonchev–Trinajstić information content (AvgIpc) is 2.52. The Morgan fingerprint density at radius 2 is 2.22 bits per heavy atom. The lowest BCUT2D eigenvalue weighted by molar-refractivity contribution is -0.0987. The molecule has 4 atom stereocenters. The van der Waals surface area contributed by atoms with Crippen LogP contribution in [0.5, 0.6) is 0 Å². The number of H-pyrrole nitrogens is 1. The fraction of sp³-hybridized carbons (Fsp3) is 0.600. The van der Waals surface area contributed by atoms with E-state index in [4.69, 9.17) is 9.84 Å². The Morgan fingerprint density at radius 3 is 2.72 bits per heavy atom. The van der Waals surface area contributed by atoms with Crippen molar-refractivity contribution in [3.8, 4) is 0 Å². The number of rotatable bonds is 2. The van der Waals surface area contributed by atoms with Gasteiger partial charge in [0.15, 0.2) is 6.23 Å². The van der Waals surface area contributed by atoms with Crippen molar-refractivity contribution in [3.05, 3.63) is 33.1 Å². The Hall–Kier alpha value is -1.48. The van der Waals surface area contributed by atoms with E-state index >= 15 is 0 Å². The zero-order valence-electron chi connectivity index (χ0n) is 9.61. The van der Waals surface area contributed by atoms with Crippen LogP contribution in [0.2, 0.25) is 0 Å². The van der Waals surface area contributed by atoms with Gasteiger partial charge in [0.2, 0.25) is 0 Å². The summed E-state index contributed by atoms with van der Waals surface area (Å²) < 4.78 is 6.19. The van der Waals surface area contributed by atoms with Crippen molar-refractivity contribution in [2.75, 3.05) is 6.61 Å². The SMILES string of the molecule is C[C@]1(O)[C@@H](O)[C@@H](CO)O[C@H]1n1ccc(=O)[nH]c1=O. The zero-order valence-corrected chi connectivity index (χ0v) is 9.61. The van der Waals surface area contributed by atoms with Crippen LogP contribution in [-0.4, -0.2) is 49.3 Å². The summed E-state index contributed by atoms with van der Waals surface area (Å²) in [5, 5.41) is 28.9. The van der Waals surface area contributed by atoms with E-state index in [1.165, 1.54) is 6.92 Å². The lowest BCUT2D eigenvalue weighted by atomic mass is 9.96. The second-order valence-electron chi connectivity index (χ2n) is 4.40. The van der Waals surface area contributed by atoms with Crippen molar-refractivity contribution < 1.29 is 20.1 Å². The largest absolute Gasteiger partial charge is 0.394 e. The van der Waals surface area contributed by atoms with Gasteiger partial charge in [0.1, 0.15) is 17.8 Å². The van der Waals surface area contributed by atoms with Gasteiger partial charge in [-0.05, 0) is 6.92 Å². The Balaban J connectivity index is 2.45. The van der Waals surface area contributed by atoms with Crippen LogP contribution in [0.25, 0.3) is 0 Å². The maximum Gasteiger partial charge on any atom is 0.330 e. The predicted octanol–water partition coefficient (Wildman–Crippen LogP) is -2.46. The number of ether oxygens (including phenoxy) is 1. The highest BCUT2D eigenvalue weighted by molar-refractivity contribution is 5.00. The van der Waals surface area contributed by atoms with E-state index < -0.39 is 41.9 Å². The molecule has 1 fully saturated rings. The molecule has 4 N–H and O–H groups in total. The molecule has 18 heavy (non-hydrogen) atoms. The van der Waals surface area contributed by atoms with Gasteiger partial charge < -0.3 is 20.1 Å². The second kappa shape index (κ2) is 4.32. The van der Waals surface area contributed by atoms with Crippen LogP contribution in [-0.2, 0) is 4.74 Å². The van der Waals surface area contributed by atoms with E-state index in [0.717, 1.165) is 16.8 Å². The number of aliphatic hydroxyl groups is 3. The van der Waals surface area contributed by atoms with Gasteiger partial charge in [-0.25, -0.2) is 4.79 Å². The predicted molar refractivity (Wildman–Crippen MR) is 58.9 cm³/mol. The van der Waals surface area contributed by atoms with Crippen LogP contribution in [0.3, 0.4) is 0 Å². The molecule has 2 heterocycles. The molecule has 1 aromatic heterocycles. The molecule has 1 aliphatic heterocycles. The monoisotopic (exact) mass is 258 g/mol. The van der Waals surface area contributed by atoms with Gasteiger partial charge in [0.05, 0.1) is 6.61 Å². The molecule has 1 aliphatic rings. The zero-order chi connectivity index (χ0) is 13.5. The summed E-state index contributed by atoms with van der Waals surface area (Å²) in [5.74, 6) is 0. The van der Waals surface area contributed by atoms with Gasteiger partial charge in [-0.2, -0.15) is 0 Å². The highest BCUT2D eigenvalue weighted by atomic mass is 16.6. The minimum absolute atomic E-state index is 0.494. The van der Waals surface area contributed by atoms with Crippen LogP contribution in [0.4, 0.5) is 0 Å². The van der Waals surface area contributed by atoms with Gasteiger partial charge in [-0.15, -0.1) is 0 Å². The molecule has 0 aliphatic carbocycles. The molecule has 0 radical (unpaired) electrons. The van der Waals surface area contributed by atoms with E-state index in [2.05, 4.69) is 0 Å². The van der Waals surface area contributed by atoms with E-state index in [1.54, 1.807) is 0 Å². The van der Waals surface area contributed by atoms with E-state index in [0.29, 0.717) is 0 Å². The summed E-state index contributed by atoms with van der Waals surface area (Å²) in [6.07, 6.45) is -2.36. The molecule has 1 saturated heterocycles. The maximum absolute atomic E-state index is 11.6. The number of hydrogen-bond donors (Lipinski definition) is 4. The van der Waals surface area contributed by atoms with Gasteiger partial charge >= 0.3 is 5.69 Å². The van der Waals surface area contributed by atoms with E-state index in [1.807, 2.05) is 4.98 Å². The van der Waals surface area contributed by atoms with Crippen LogP contribution < -0.4 is 11.2 Å². The lowest BCUT2D eigenvalue weighted by Crippen LogP contribution is -2.46.